The molecule has 2 N–H and O–H groups in total. The standard InChI is InChI=1S/C18H39NO2/c1-7-8-9-10-11-12-13-17(14-19)18(6,20-15(2)3)21-16(4)5/h15-17H,7-14,19H2,1-6H3. The van der Waals surface area contributed by atoms with Crippen LogP contribution in [0.15, 0.2) is 0 Å². The first-order valence-electron chi connectivity index (χ1n) is 8.91. The summed E-state index contributed by atoms with van der Waals surface area (Å²) >= 11 is 0. The lowest BCUT2D eigenvalue weighted by molar-refractivity contribution is -0.284. The summed E-state index contributed by atoms with van der Waals surface area (Å²) in [7, 11) is 0. The van der Waals surface area contributed by atoms with Crippen molar-refractivity contribution in [1.82, 2.24) is 0 Å². The van der Waals surface area contributed by atoms with Gasteiger partial charge in [0.1, 0.15) is 0 Å². The highest BCUT2D eigenvalue weighted by Gasteiger charge is 2.36. The molecule has 0 amide bonds. The van der Waals surface area contributed by atoms with Gasteiger partial charge in [-0.1, -0.05) is 45.4 Å². The summed E-state index contributed by atoms with van der Waals surface area (Å²) in [5.74, 6) is -0.311. The fourth-order valence-electron chi connectivity index (χ4n) is 2.92. The average Bonchev–Trinajstić information content (AvgIpc) is 2.35. The quantitative estimate of drug-likeness (QED) is 0.389. The molecule has 0 radical (unpaired) electrons. The molecular weight excluding hydrogens is 262 g/mol. The van der Waals surface area contributed by atoms with Crippen molar-refractivity contribution in [2.45, 2.75) is 104 Å². The van der Waals surface area contributed by atoms with Crippen molar-refractivity contribution in [2.24, 2.45) is 11.7 Å². The maximum atomic E-state index is 6.10. The van der Waals surface area contributed by atoms with Crippen molar-refractivity contribution in [3.05, 3.63) is 0 Å². The molecule has 3 heteroatoms. The summed E-state index contributed by atoms with van der Waals surface area (Å²) in [6.07, 6.45) is 9.21. The molecule has 1 atom stereocenters. The summed E-state index contributed by atoms with van der Waals surface area (Å²) in [5.41, 5.74) is 6.01. The van der Waals surface area contributed by atoms with Crippen molar-refractivity contribution >= 4 is 0 Å². The van der Waals surface area contributed by atoms with Gasteiger partial charge in [0.15, 0.2) is 5.79 Å². The van der Waals surface area contributed by atoms with Gasteiger partial charge in [-0.05, 0) is 41.0 Å². The lowest BCUT2D eigenvalue weighted by Gasteiger charge is -2.40. The van der Waals surface area contributed by atoms with E-state index in [2.05, 4.69) is 41.5 Å². The fourth-order valence-corrected chi connectivity index (χ4v) is 2.92. The van der Waals surface area contributed by atoms with Gasteiger partial charge in [-0.3, -0.25) is 0 Å². The zero-order chi connectivity index (χ0) is 16.3. The van der Waals surface area contributed by atoms with E-state index in [1.165, 1.54) is 38.5 Å². The second-order valence-electron chi connectivity index (χ2n) is 6.84. The minimum atomic E-state index is -0.569. The first-order chi connectivity index (χ1) is 9.85. The van der Waals surface area contributed by atoms with Gasteiger partial charge in [0.25, 0.3) is 0 Å². The lowest BCUT2D eigenvalue weighted by Crippen LogP contribution is -2.47. The Morgan fingerprint density at radius 3 is 1.76 bits per heavy atom. The highest BCUT2D eigenvalue weighted by Crippen LogP contribution is 2.30. The van der Waals surface area contributed by atoms with E-state index in [1.807, 2.05) is 0 Å². The molecule has 3 nitrogen and oxygen atoms in total. The third-order valence-corrected chi connectivity index (χ3v) is 3.87. The Kier molecular flexibility index (Phi) is 11.4. The predicted molar refractivity (Wildman–Crippen MR) is 91.4 cm³/mol. The van der Waals surface area contributed by atoms with Crippen molar-refractivity contribution in [3.63, 3.8) is 0 Å². The number of rotatable bonds is 13. The Morgan fingerprint density at radius 1 is 0.857 bits per heavy atom. The van der Waals surface area contributed by atoms with Crippen LogP contribution >= 0.6 is 0 Å². The van der Waals surface area contributed by atoms with Gasteiger partial charge in [0, 0.05) is 12.5 Å². The summed E-state index contributed by atoms with van der Waals surface area (Å²) in [4.78, 5) is 0. The Labute approximate surface area is 133 Å². The number of unbranched alkanes of at least 4 members (excludes halogenated alkanes) is 5. The molecule has 1 unspecified atom stereocenters. The minimum absolute atomic E-state index is 0.146. The molecule has 0 aromatic heterocycles. The van der Waals surface area contributed by atoms with Crippen LogP contribution < -0.4 is 5.73 Å². The molecule has 21 heavy (non-hydrogen) atoms. The number of ether oxygens (including phenoxy) is 2. The zero-order valence-corrected chi connectivity index (χ0v) is 15.3. The molecule has 128 valence electrons. The van der Waals surface area contributed by atoms with E-state index in [0.29, 0.717) is 6.54 Å². The highest BCUT2D eigenvalue weighted by atomic mass is 16.7. The molecule has 0 heterocycles. The SMILES string of the molecule is CCCCCCCCC(CN)C(C)(OC(C)C)OC(C)C. The Morgan fingerprint density at radius 2 is 1.33 bits per heavy atom. The van der Waals surface area contributed by atoms with Crippen molar-refractivity contribution < 1.29 is 9.47 Å². The van der Waals surface area contributed by atoms with Crippen LogP contribution in [0.4, 0.5) is 0 Å². The Bertz CT molecular complexity index is 231. The van der Waals surface area contributed by atoms with Crippen LogP contribution in [0.2, 0.25) is 0 Å². The van der Waals surface area contributed by atoms with Gasteiger partial charge in [-0.15, -0.1) is 0 Å². The molecule has 0 fully saturated rings. The van der Waals surface area contributed by atoms with Crippen LogP contribution in [0.3, 0.4) is 0 Å². The zero-order valence-electron chi connectivity index (χ0n) is 15.3. The van der Waals surface area contributed by atoms with Crippen LogP contribution in [-0.2, 0) is 9.47 Å². The summed E-state index contributed by atoms with van der Waals surface area (Å²) < 4.78 is 12.2. The van der Waals surface area contributed by atoms with E-state index in [4.69, 9.17) is 15.2 Å². The van der Waals surface area contributed by atoms with E-state index in [0.717, 1.165) is 6.42 Å². The molecule has 0 aliphatic carbocycles. The average molecular weight is 302 g/mol. The normalized spacial score (nSPS) is 14.1. The van der Waals surface area contributed by atoms with Gasteiger partial charge in [0.2, 0.25) is 0 Å². The largest absolute Gasteiger partial charge is 0.347 e. The predicted octanol–water partition coefficient (Wildman–Crippen LogP) is 4.88. The monoisotopic (exact) mass is 301 g/mol. The summed E-state index contributed by atoms with van der Waals surface area (Å²) in [6, 6.07) is 0. The second-order valence-corrected chi connectivity index (χ2v) is 6.84. The van der Waals surface area contributed by atoms with Gasteiger partial charge < -0.3 is 15.2 Å². The number of nitrogens with two attached hydrogens (primary N) is 1. The lowest BCUT2D eigenvalue weighted by atomic mass is 9.92. The smallest absolute Gasteiger partial charge is 0.170 e. The fraction of sp³-hybridized carbons (Fsp3) is 1.00. The molecule has 0 saturated heterocycles. The molecule has 0 aliphatic rings. The molecule has 0 aromatic rings. The highest BCUT2D eigenvalue weighted by molar-refractivity contribution is 4.78. The van der Waals surface area contributed by atoms with Crippen LogP contribution in [0, 0.1) is 5.92 Å². The maximum Gasteiger partial charge on any atom is 0.170 e. The second kappa shape index (κ2) is 11.4. The van der Waals surface area contributed by atoms with Gasteiger partial charge in [-0.2, -0.15) is 0 Å². The van der Waals surface area contributed by atoms with E-state index in [-0.39, 0.29) is 18.1 Å². The van der Waals surface area contributed by atoms with Crippen molar-refractivity contribution in [1.29, 1.82) is 0 Å². The maximum absolute atomic E-state index is 6.10. The van der Waals surface area contributed by atoms with Gasteiger partial charge >= 0.3 is 0 Å². The van der Waals surface area contributed by atoms with Gasteiger partial charge in [-0.25, -0.2) is 0 Å². The van der Waals surface area contributed by atoms with Gasteiger partial charge in [0.05, 0.1) is 12.2 Å². The minimum Gasteiger partial charge on any atom is -0.347 e. The number of hydrogen-bond donors (Lipinski definition) is 1. The third kappa shape index (κ3) is 9.49. The molecule has 0 aromatic carbocycles. The molecule has 0 spiro atoms. The van der Waals surface area contributed by atoms with Crippen LogP contribution in [0.5, 0.6) is 0 Å². The summed E-state index contributed by atoms with van der Waals surface area (Å²) in [6.45, 7) is 13.1. The molecule has 0 bridgehead atoms. The topological polar surface area (TPSA) is 44.5 Å². The van der Waals surface area contributed by atoms with Crippen molar-refractivity contribution in [3.8, 4) is 0 Å². The Hall–Kier alpha value is -0.120. The summed E-state index contributed by atoms with van der Waals surface area (Å²) in [5, 5.41) is 0. The van der Waals surface area contributed by atoms with Crippen LogP contribution in [0.1, 0.15) is 86.5 Å². The first kappa shape index (κ1) is 20.9. The van der Waals surface area contributed by atoms with E-state index >= 15 is 0 Å². The van der Waals surface area contributed by atoms with Crippen molar-refractivity contribution in [2.75, 3.05) is 6.54 Å². The van der Waals surface area contributed by atoms with E-state index < -0.39 is 5.79 Å². The molecular formula is C18H39NO2. The molecule has 0 aliphatic heterocycles. The Balaban J connectivity index is 4.38. The van der Waals surface area contributed by atoms with E-state index in [9.17, 15) is 0 Å². The first-order valence-corrected chi connectivity index (χ1v) is 8.91. The van der Waals surface area contributed by atoms with Crippen LogP contribution in [-0.4, -0.2) is 24.5 Å². The molecule has 0 rings (SSSR count). The number of hydrogen-bond acceptors (Lipinski definition) is 3. The van der Waals surface area contributed by atoms with Crippen LogP contribution in [0.25, 0.3) is 0 Å². The van der Waals surface area contributed by atoms with E-state index in [1.54, 1.807) is 0 Å². The third-order valence-electron chi connectivity index (χ3n) is 3.87. The molecule has 0 saturated carbocycles.